The monoisotopic (exact) mass is 280 g/mol. The molecule has 0 aliphatic rings. The Labute approximate surface area is 124 Å². The molecule has 1 aromatic rings. The molecule has 0 saturated heterocycles. The standard InChI is InChI=1S/C16H32N4/c1-6-8-9-14(7-2)10-15(18-17)11-16-12(3)19-20(5)13(16)4/h14-15,18H,6-11,17H2,1-5H3. The predicted molar refractivity (Wildman–Crippen MR) is 85.4 cm³/mol. The number of hydrogen-bond donors (Lipinski definition) is 2. The van der Waals surface area contributed by atoms with Crippen molar-refractivity contribution in [2.24, 2.45) is 18.8 Å². The van der Waals surface area contributed by atoms with E-state index in [4.69, 9.17) is 5.84 Å². The number of nitrogens with zero attached hydrogens (tertiary/aromatic N) is 2. The third-order valence-corrected chi connectivity index (χ3v) is 4.51. The molecule has 1 rings (SSSR count). The molecule has 2 atom stereocenters. The number of aryl methyl sites for hydroxylation is 2. The molecule has 0 spiro atoms. The summed E-state index contributed by atoms with van der Waals surface area (Å²) in [6.07, 6.45) is 7.28. The predicted octanol–water partition coefficient (Wildman–Crippen LogP) is 3.02. The highest BCUT2D eigenvalue weighted by Gasteiger charge is 2.18. The summed E-state index contributed by atoms with van der Waals surface area (Å²) in [6, 6.07) is 0.346. The van der Waals surface area contributed by atoms with Gasteiger partial charge < -0.3 is 0 Å². The van der Waals surface area contributed by atoms with Gasteiger partial charge in [-0.05, 0) is 38.2 Å². The number of nitrogens with one attached hydrogen (secondary N) is 1. The highest BCUT2D eigenvalue weighted by atomic mass is 15.3. The Bertz CT molecular complexity index is 397. The average Bonchev–Trinajstić information content (AvgIpc) is 2.68. The van der Waals surface area contributed by atoms with E-state index < -0.39 is 0 Å². The molecule has 3 N–H and O–H groups in total. The van der Waals surface area contributed by atoms with Gasteiger partial charge in [-0.1, -0.05) is 39.5 Å². The lowest BCUT2D eigenvalue weighted by Gasteiger charge is -2.22. The molecule has 0 saturated carbocycles. The van der Waals surface area contributed by atoms with Crippen LogP contribution in [-0.2, 0) is 13.5 Å². The molecular weight excluding hydrogens is 248 g/mol. The Kier molecular flexibility index (Phi) is 7.24. The van der Waals surface area contributed by atoms with Crippen molar-refractivity contribution in [1.82, 2.24) is 15.2 Å². The van der Waals surface area contributed by atoms with Crippen LogP contribution in [0.2, 0.25) is 0 Å². The van der Waals surface area contributed by atoms with Crippen LogP contribution in [0.3, 0.4) is 0 Å². The molecule has 1 aromatic heterocycles. The van der Waals surface area contributed by atoms with E-state index >= 15 is 0 Å². The first-order valence-electron chi connectivity index (χ1n) is 7.98. The van der Waals surface area contributed by atoms with Crippen LogP contribution in [0.25, 0.3) is 0 Å². The first-order chi connectivity index (χ1) is 9.53. The van der Waals surface area contributed by atoms with E-state index in [0.717, 1.165) is 24.5 Å². The van der Waals surface area contributed by atoms with Crippen LogP contribution < -0.4 is 11.3 Å². The van der Waals surface area contributed by atoms with Crippen molar-refractivity contribution in [2.45, 2.75) is 72.3 Å². The van der Waals surface area contributed by atoms with Crippen LogP contribution in [0.4, 0.5) is 0 Å². The van der Waals surface area contributed by atoms with Gasteiger partial charge in [0, 0.05) is 18.8 Å². The van der Waals surface area contributed by atoms with Gasteiger partial charge in [0.2, 0.25) is 0 Å². The summed E-state index contributed by atoms with van der Waals surface area (Å²) in [5.74, 6) is 6.55. The molecule has 116 valence electrons. The van der Waals surface area contributed by atoms with Gasteiger partial charge in [-0.25, -0.2) is 0 Å². The molecule has 1 heterocycles. The summed E-state index contributed by atoms with van der Waals surface area (Å²) in [5, 5.41) is 4.49. The first-order valence-corrected chi connectivity index (χ1v) is 7.98. The van der Waals surface area contributed by atoms with Crippen LogP contribution in [0.5, 0.6) is 0 Å². The minimum Gasteiger partial charge on any atom is -0.272 e. The number of hydrogen-bond acceptors (Lipinski definition) is 3. The molecule has 4 heteroatoms. The fraction of sp³-hybridized carbons (Fsp3) is 0.812. The number of nitrogens with two attached hydrogens (primary N) is 1. The molecule has 20 heavy (non-hydrogen) atoms. The summed E-state index contributed by atoms with van der Waals surface area (Å²) in [5.41, 5.74) is 6.75. The molecule has 0 aliphatic heterocycles. The maximum Gasteiger partial charge on any atom is 0.0628 e. The van der Waals surface area contributed by atoms with Crippen molar-refractivity contribution < 1.29 is 0 Å². The van der Waals surface area contributed by atoms with Crippen LogP contribution in [0, 0.1) is 19.8 Å². The normalized spacial score (nSPS) is 14.5. The zero-order chi connectivity index (χ0) is 15.1. The van der Waals surface area contributed by atoms with Crippen molar-refractivity contribution in [3.63, 3.8) is 0 Å². The summed E-state index contributed by atoms with van der Waals surface area (Å²) >= 11 is 0. The molecule has 0 aliphatic carbocycles. The lowest BCUT2D eigenvalue weighted by molar-refractivity contribution is 0.349. The van der Waals surface area contributed by atoms with Crippen molar-refractivity contribution in [3.05, 3.63) is 17.0 Å². The third-order valence-electron chi connectivity index (χ3n) is 4.51. The Morgan fingerprint density at radius 3 is 2.45 bits per heavy atom. The zero-order valence-corrected chi connectivity index (χ0v) is 13.9. The van der Waals surface area contributed by atoms with Crippen LogP contribution in [0.15, 0.2) is 0 Å². The van der Waals surface area contributed by atoms with Crippen molar-refractivity contribution in [1.29, 1.82) is 0 Å². The number of rotatable bonds is 9. The maximum atomic E-state index is 5.78. The summed E-state index contributed by atoms with van der Waals surface area (Å²) in [4.78, 5) is 0. The van der Waals surface area contributed by atoms with Crippen LogP contribution in [-0.4, -0.2) is 15.8 Å². The van der Waals surface area contributed by atoms with Gasteiger partial charge in [0.25, 0.3) is 0 Å². The fourth-order valence-electron chi connectivity index (χ4n) is 2.95. The molecule has 0 radical (unpaired) electrons. The van der Waals surface area contributed by atoms with E-state index in [1.165, 1.54) is 36.9 Å². The smallest absolute Gasteiger partial charge is 0.0628 e. The lowest BCUT2D eigenvalue weighted by atomic mass is 9.89. The zero-order valence-electron chi connectivity index (χ0n) is 13.9. The third kappa shape index (κ3) is 4.60. The molecule has 2 unspecified atom stereocenters. The average molecular weight is 280 g/mol. The first kappa shape index (κ1) is 17.2. The largest absolute Gasteiger partial charge is 0.272 e. The molecule has 0 amide bonds. The van der Waals surface area contributed by atoms with Gasteiger partial charge in [0.1, 0.15) is 0 Å². The van der Waals surface area contributed by atoms with Gasteiger partial charge >= 0.3 is 0 Å². The van der Waals surface area contributed by atoms with E-state index in [1.54, 1.807) is 0 Å². The summed E-state index contributed by atoms with van der Waals surface area (Å²) < 4.78 is 1.96. The summed E-state index contributed by atoms with van der Waals surface area (Å²) in [6.45, 7) is 8.77. The van der Waals surface area contributed by atoms with E-state index in [-0.39, 0.29) is 0 Å². The second-order valence-electron chi connectivity index (χ2n) is 5.99. The van der Waals surface area contributed by atoms with Gasteiger partial charge in [-0.2, -0.15) is 5.10 Å². The van der Waals surface area contributed by atoms with Gasteiger partial charge in [-0.15, -0.1) is 0 Å². The van der Waals surface area contributed by atoms with Crippen molar-refractivity contribution in [2.75, 3.05) is 0 Å². The second kappa shape index (κ2) is 8.42. The molecular formula is C16H32N4. The quantitative estimate of drug-likeness (QED) is 0.540. The highest BCUT2D eigenvalue weighted by molar-refractivity contribution is 5.25. The maximum absolute atomic E-state index is 5.78. The van der Waals surface area contributed by atoms with Crippen molar-refractivity contribution >= 4 is 0 Å². The molecule has 4 nitrogen and oxygen atoms in total. The van der Waals surface area contributed by atoms with Crippen LogP contribution in [0.1, 0.15) is 62.9 Å². The Balaban J connectivity index is 2.66. The Morgan fingerprint density at radius 1 is 1.30 bits per heavy atom. The summed E-state index contributed by atoms with van der Waals surface area (Å²) in [7, 11) is 2.01. The minimum atomic E-state index is 0.346. The Hall–Kier alpha value is -0.870. The number of hydrazine groups is 1. The number of unbranched alkanes of at least 4 members (excludes halogenated alkanes) is 1. The minimum absolute atomic E-state index is 0.346. The van der Waals surface area contributed by atoms with Gasteiger partial charge in [0.05, 0.1) is 5.69 Å². The van der Waals surface area contributed by atoms with Crippen molar-refractivity contribution in [3.8, 4) is 0 Å². The lowest BCUT2D eigenvalue weighted by Crippen LogP contribution is -2.38. The molecule has 0 bridgehead atoms. The second-order valence-corrected chi connectivity index (χ2v) is 5.99. The SMILES string of the molecule is CCCCC(CC)CC(Cc1c(C)nn(C)c1C)NN. The Morgan fingerprint density at radius 2 is 2.00 bits per heavy atom. The number of aromatic nitrogens is 2. The van der Waals surface area contributed by atoms with Gasteiger partial charge in [0.15, 0.2) is 0 Å². The van der Waals surface area contributed by atoms with E-state index in [0.29, 0.717) is 6.04 Å². The van der Waals surface area contributed by atoms with E-state index in [2.05, 4.69) is 38.2 Å². The fourth-order valence-corrected chi connectivity index (χ4v) is 2.95. The molecule has 0 fully saturated rings. The van der Waals surface area contributed by atoms with E-state index in [9.17, 15) is 0 Å². The topological polar surface area (TPSA) is 55.9 Å². The molecule has 0 aromatic carbocycles. The highest BCUT2D eigenvalue weighted by Crippen LogP contribution is 2.22. The van der Waals surface area contributed by atoms with Crippen LogP contribution >= 0.6 is 0 Å². The van der Waals surface area contributed by atoms with Gasteiger partial charge in [-0.3, -0.25) is 16.0 Å². The van der Waals surface area contributed by atoms with E-state index in [1.807, 2.05) is 11.7 Å².